The first kappa shape index (κ1) is 9.03. The fourth-order valence-electron chi connectivity index (χ4n) is 2.14. The monoisotopic (exact) mass is 199 g/mol. The van der Waals surface area contributed by atoms with Crippen molar-refractivity contribution in [2.75, 3.05) is 6.54 Å². The average Bonchev–Trinajstić information content (AvgIpc) is 2.43. The third-order valence-electron chi connectivity index (χ3n) is 2.75. The van der Waals surface area contributed by atoms with E-state index in [1.54, 1.807) is 0 Å². The van der Waals surface area contributed by atoms with Gasteiger partial charge in [0.1, 0.15) is 0 Å². The highest BCUT2D eigenvalue weighted by molar-refractivity contribution is 6.28. The lowest BCUT2D eigenvalue weighted by Crippen LogP contribution is -2.22. The van der Waals surface area contributed by atoms with Crippen LogP contribution in [0.4, 0.5) is 0 Å². The predicted octanol–water partition coefficient (Wildman–Crippen LogP) is 1.68. The predicted molar refractivity (Wildman–Crippen MR) is 53.0 cm³/mol. The minimum absolute atomic E-state index is 0.453. The summed E-state index contributed by atoms with van der Waals surface area (Å²) in [5, 5.41) is 0.616. The van der Waals surface area contributed by atoms with Gasteiger partial charge >= 0.3 is 0 Å². The molecule has 4 heteroatoms. The molecule has 1 aliphatic heterocycles. The van der Waals surface area contributed by atoms with Gasteiger partial charge in [-0.15, -0.1) is 0 Å². The number of hydrogen-bond acceptors (Lipinski definition) is 2. The lowest BCUT2D eigenvalue weighted by atomic mass is 9.95. The molecule has 0 saturated carbocycles. The van der Waals surface area contributed by atoms with E-state index in [4.69, 9.17) is 17.3 Å². The van der Waals surface area contributed by atoms with Crippen LogP contribution in [0.15, 0.2) is 0 Å². The van der Waals surface area contributed by atoms with Gasteiger partial charge in [0, 0.05) is 24.7 Å². The lowest BCUT2D eigenvalue weighted by molar-refractivity contribution is 0.457. The van der Waals surface area contributed by atoms with Crippen LogP contribution < -0.4 is 5.73 Å². The lowest BCUT2D eigenvalue weighted by Gasteiger charge is -2.23. The van der Waals surface area contributed by atoms with Crippen molar-refractivity contribution in [2.45, 2.75) is 32.2 Å². The van der Waals surface area contributed by atoms with Crippen LogP contribution in [0.25, 0.3) is 0 Å². The number of aromatic nitrogens is 2. The van der Waals surface area contributed by atoms with E-state index in [9.17, 15) is 0 Å². The first-order chi connectivity index (χ1) is 6.24. The maximum absolute atomic E-state index is 6.00. The molecule has 0 fully saturated rings. The first-order valence-corrected chi connectivity index (χ1v) is 5.04. The summed E-state index contributed by atoms with van der Waals surface area (Å²) < 4.78 is 2.10. The van der Waals surface area contributed by atoms with E-state index in [0.29, 0.717) is 17.7 Å². The van der Waals surface area contributed by atoms with Gasteiger partial charge in [0.05, 0.1) is 5.69 Å². The third-order valence-corrected chi connectivity index (χ3v) is 3.04. The zero-order valence-electron chi connectivity index (χ0n) is 7.76. The zero-order valence-corrected chi connectivity index (χ0v) is 8.51. The molecule has 1 unspecified atom stereocenters. The zero-order chi connectivity index (χ0) is 9.42. The first-order valence-electron chi connectivity index (χ1n) is 4.66. The van der Waals surface area contributed by atoms with Crippen LogP contribution in [0.1, 0.15) is 30.1 Å². The molecule has 72 valence electrons. The van der Waals surface area contributed by atoms with E-state index < -0.39 is 0 Å². The minimum atomic E-state index is 0.453. The Balaban J connectivity index is 2.48. The molecule has 1 atom stereocenters. The van der Waals surface area contributed by atoms with Crippen molar-refractivity contribution in [3.05, 3.63) is 16.7 Å². The van der Waals surface area contributed by atoms with Crippen molar-refractivity contribution in [2.24, 2.45) is 5.73 Å². The summed E-state index contributed by atoms with van der Waals surface area (Å²) >= 11 is 6.00. The van der Waals surface area contributed by atoms with Gasteiger partial charge in [-0.2, -0.15) is 0 Å². The van der Waals surface area contributed by atoms with Crippen LogP contribution >= 0.6 is 11.6 Å². The van der Waals surface area contributed by atoms with Gasteiger partial charge in [0.15, 0.2) is 0 Å². The molecule has 1 aromatic rings. The maximum atomic E-state index is 6.00. The van der Waals surface area contributed by atoms with E-state index in [0.717, 1.165) is 18.7 Å². The fraction of sp³-hybridized carbons (Fsp3) is 0.667. The van der Waals surface area contributed by atoms with E-state index >= 15 is 0 Å². The van der Waals surface area contributed by atoms with Gasteiger partial charge in [-0.05, 0) is 31.4 Å². The summed E-state index contributed by atoms with van der Waals surface area (Å²) in [5.74, 6) is 0.453. The van der Waals surface area contributed by atoms with Crippen LogP contribution in [0.2, 0.25) is 5.28 Å². The molecule has 0 aliphatic carbocycles. The molecule has 0 amide bonds. The average molecular weight is 200 g/mol. The number of nitrogens with zero attached hydrogens (tertiary/aromatic N) is 2. The Morgan fingerprint density at radius 1 is 1.69 bits per heavy atom. The molecule has 13 heavy (non-hydrogen) atoms. The molecule has 0 saturated heterocycles. The minimum Gasteiger partial charge on any atom is -0.330 e. The Labute approximate surface area is 82.9 Å². The summed E-state index contributed by atoms with van der Waals surface area (Å²) in [6, 6.07) is 0. The highest BCUT2D eigenvalue weighted by atomic mass is 35.5. The number of fused-ring (bicyclic) bond motifs is 1. The van der Waals surface area contributed by atoms with Crippen molar-refractivity contribution in [3.8, 4) is 0 Å². The Kier molecular flexibility index (Phi) is 2.30. The third kappa shape index (κ3) is 1.36. The normalized spacial score (nSPS) is 21.6. The molecule has 0 radical (unpaired) electrons. The van der Waals surface area contributed by atoms with Crippen molar-refractivity contribution in [1.82, 2.24) is 9.55 Å². The number of rotatable bonds is 1. The van der Waals surface area contributed by atoms with Gasteiger partial charge in [-0.3, -0.25) is 0 Å². The smallest absolute Gasteiger partial charge is 0.203 e. The van der Waals surface area contributed by atoms with Gasteiger partial charge in [0.25, 0.3) is 0 Å². The summed E-state index contributed by atoms with van der Waals surface area (Å²) in [6.45, 7) is 3.69. The van der Waals surface area contributed by atoms with Crippen LogP contribution in [0.3, 0.4) is 0 Å². The second-order valence-electron chi connectivity index (χ2n) is 3.58. The fourth-order valence-corrected chi connectivity index (χ4v) is 2.44. The second-order valence-corrected chi connectivity index (χ2v) is 3.92. The molecule has 2 rings (SSSR count). The Morgan fingerprint density at radius 3 is 3.15 bits per heavy atom. The van der Waals surface area contributed by atoms with Crippen LogP contribution in [0.5, 0.6) is 0 Å². The number of imidazole rings is 1. The van der Waals surface area contributed by atoms with Crippen LogP contribution in [-0.4, -0.2) is 16.1 Å². The SMILES string of the molecule is Cc1nc(Cl)n2c1C(CN)CCC2. The van der Waals surface area contributed by atoms with Gasteiger partial charge in [-0.1, -0.05) is 0 Å². The quantitative estimate of drug-likeness (QED) is 0.748. The molecule has 0 bridgehead atoms. The molecular formula is C9H14ClN3. The summed E-state index contributed by atoms with van der Waals surface area (Å²) in [5.41, 5.74) is 8.00. The Hall–Kier alpha value is -0.540. The number of halogens is 1. The van der Waals surface area contributed by atoms with Crippen LogP contribution in [-0.2, 0) is 6.54 Å². The largest absolute Gasteiger partial charge is 0.330 e. The second kappa shape index (κ2) is 3.31. The topological polar surface area (TPSA) is 43.8 Å². The summed E-state index contributed by atoms with van der Waals surface area (Å²) in [6.07, 6.45) is 2.32. The molecule has 2 heterocycles. The van der Waals surface area contributed by atoms with Crippen molar-refractivity contribution >= 4 is 11.6 Å². The highest BCUT2D eigenvalue weighted by Gasteiger charge is 2.24. The molecule has 2 N–H and O–H groups in total. The van der Waals surface area contributed by atoms with E-state index in [-0.39, 0.29) is 0 Å². The van der Waals surface area contributed by atoms with Crippen molar-refractivity contribution in [3.63, 3.8) is 0 Å². The number of nitrogens with two attached hydrogens (primary N) is 1. The van der Waals surface area contributed by atoms with Gasteiger partial charge < -0.3 is 10.3 Å². The van der Waals surface area contributed by atoms with Gasteiger partial charge in [0.2, 0.25) is 5.28 Å². The van der Waals surface area contributed by atoms with E-state index in [1.807, 2.05) is 6.92 Å². The summed E-state index contributed by atoms with van der Waals surface area (Å²) in [7, 11) is 0. The highest BCUT2D eigenvalue weighted by Crippen LogP contribution is 2.31. The molecule has 3 nitrogen and oxygen atoms in total. The molecule has 1 aliphatic rings. The molecule has 0 aromatic carbocycles. The molecule has 0 spiro atoms. The van der Waals surface area contributed by atoms with Crippen LogP contribution in [0, 0.1) is 6.92 Å². The van der Waals surface area contributed by atoms with Gasteiger partial charge in [-0.25, -0.2) is 4.98 Å². The molecular weight excluding hydrogens is 186 g/mol. The Morgan fingerprint density at radius 2 is 2.46 bits per heavy atom. The Bertz CT molecular complexity index is 319. The van der Waals surface area contributed by atoms with E-state index in [2.05, 4.69) is 9.55 Å². The van der Waals surface area contributed by atoms with Crippen molar-refractivity contribution < 1.29 is 0 Å². The van der Waals surface area contributed by atoms with Crippen molar-refractivity contribution in [1.29, 1.82) is 0 Å². The van der Waals surface area contributed by atoms with E-state index in [1.165, 1.54) is 12.1 Å². The molecule has 1 aromatic heterocycles. The standard InChI is InChI=1S/C9H14ClN3/c1-6-8-7(5-11)3-2-4-13(8)9(10)12-6/h7H,2-5,11H2,1H3. The summed E-state index contributed by atoms with van der Waals surface area (Å²) in [4.78, 5) is 4.26. The maximum Gasteiger partial charge on any atom is 0.203 e. The number of aryl methyl sites for hydroxylation is 1. The number of hydrogen-bond donors (Lipinski definition) is 1.